The summed E-state index contributed by atoms with van der Waals surface area (Å²) in [6.07, 6.45) is 8.05. The predicted molar refractivity (Wildman–Crippen MR) is 111 cm³/mol. The van der Waals surface area contributed by atoms with Gasteiger partial charge in [-0.2, -0.15) is 10.2 Å². The molecule has 29 heavy (non-hydrogen) atoms. The molecule has 0 bridgehead atoms. The summed E-state index contributed by atoms with van der Waals surface area (Å²) in [5.41, 5.74) is 1.68. The first-order valence-corrected chi connectivity index (χ1v) is 10.5. The summed E-state index contributed by atoms with van der Waals surface area (Å²) >= 11 is 6.14. The molecule has 3 aromatic rings. The van der Waals surface area contributed by atoms with Crippen LogP contribution in [-0.4, -0.2) is 31.5 Å². The topological polar surface area (TPSA) is 81.8 Å². The number of nitrogens with zero attached hydrogens (tertiary/aromatic N) is 4. The van der Waals surface area contributed by atoms with Gasteiger partial charge in [-0.15, -0.1) is 0 Å². The van der Waals surface area contributed by atoms with Crippen molar-refractivity contribution in [2.45, 2.75) is 57.0 Å². The molecule has 2 heterocycles. The summed E-state index contributed by atoms with van der Waals surface area (Å²) in [5.74, 6) is 0.153. The number of amides is 1. The molecule has 7 nitrogen and oxygen atoms in total. The molecule has 2 aliphatic rings. The van der Waals surface area contributed by atoms with Gasteiger partial charge in [-0.3, -0.25) is 9.59 Å². The van der Waals surface area contributed by atoms with E-state index >= 15 is 0 Å². The second-order valence-electron chi connectivity index (χ2n) is 7.97. The van der Waals surface area contributed by atoms with Gasteiger partial charge < -0.3 is 5.32 Å². The van der Waals surface area contributed by atoms with Gasteiger partial charge in [0.2, 0.25) is 5.91 Å². The molecule has 1 aromatic carbocycles. The molecule has 0 atom stereocenters. The average Bonchev–Trinajstić information content (AvgIpc) is 3.22. The van der Waals surface area contributed by atoms with E-state index < -0.39 is 0 Å². The molecule has 2 saturated carbocycles. The van der Waals surface area contributed by atoms with E-state index in [9.17, 15) is 9.59 Å². The molecular formula is C21H22ClN5O2. The number of carbonyl (C=O) groups is 1. The van der Waals surface area contributed by atoms with E-state index in [4.69, 9.17) is 11.6 Å². The highest BCUT2D eigenvalue weighted by atomic mass is 35.5. The highest BCUT2D eigenvalue weighted by Crippen LogP contribution is 2.41. The Morgan fingerprint density at radius 1 is 1.21 bits per heavy atom. The number of hydrogen-bond acceptors (Lipinski definition) is 4. The van der Waals surface area contributed by atoms with Gasteiger partial charge in [0.15, 0.2) is 0 Å². The summed E-state index contributed by atoms with van der Waals surface area (Å²) in [6.45, 7) is -0.0777. The first-order chi connectivity index (χ1) is 14.1. The van der Waals surface area contributed by atoms with Crippen LogP contribution in [0.2, 0.25) is 5.02 Å². The van der Waals surface area contributed by atoms with Crippen molar-refractivity contribution in [3.05, 3.63) is 51.5 Å². The Labute approximate surface area is 172 Å². The Morgan fingerprint density at radius 2 is 2.00 bits per heavy atom. The maximum atomic E-state index is 13.3. The van der Waals surface area contributed by atoms with Crippen LogP contribution in [0.25, 0.3) is 16.6 Å². The number of carbonyl (C=O) groups excluding carboxylic acids is 1. The normalized spacial score (nSPS) is 17.1. The van der Waals surface area contributed by atoms with Gasteiger partial charge in [-0.05, 0) is 43.9 Å². The maximum Gasteiger partial charge on any atom is 0.293 e. The van der Waals surface area contributed by atoms with E-state index in [-0.39, 0.29) is 24.1 Å². The molecule has 2 fully saturated rings. The van der Waals surface area contributed by atoms with Gasteiger partial charge in [-0.25, -0.2) is 9.36 Å². The van der Waals surface area contributed by atoms with Crippen LogP contribution >= 0.6 is 11.6 Å². The zero-order valence-corrected chi connectivity index (χ0v) is 16.7. The zero-order valence-electron chi connectivity index (χ0n) is 16.0. The van der Waals surface area contributed by atoms with Gasteiger partial charge in [0.1, 0.15) is 12.1 Å². The quantitative estimate of drug-likeness (QED) is 0.699. The average molecular weight is 412 g/mol. The van der Waals surface area contributed by atoms with Crippen LogP contribution in [0.3, 0.4) is 0 Å². The van der Waals surface area contributed by atoms with E-state index in [0.717, 1.165) is 49.6 Å². The zero-order chi connectivity index (χ0) is 20.0. The third-order valence-electron chi connectivity index (χ3n) is 5.74. The Bertz CT molecular complexity index is 1140. The third-order valence-corrected chi connectivity index (χ3v) is 5.98. The lowest BCUT2D eigenvalue weighted by atomic mass is 10.2. The second kappa shape index (κ2) is 7.30. The number of nitrogens with one attached hydrogen (secondary N) is 1. The fourth-order valence-corrected chi connectivity index (χ4v) is 4.33. The Morgan fingerprint density at radius 3 is 2.72 bits per heavy atom. The van der Waals surface area contributed by atoms with Crippen molar-refractivity contribution in [3.63, 3.8) is 0 Å². The second-order valence-corrected chi connectivity index (χ2v) is 8.41. The number of aromatic nitrogens is 4. The molecule has 5 rings (SSSR count). The van der Waals surface area contributed by atoms with Crippen LogP contribution in [-0.2, 0) is 11.3 Å². The lowest BCUT2D eigenvalue weighted by molar-refractivity contribution is -0.122. The summed E-state index contributed by atoms with van der Waals surface area (Å²) in [6, 6.07) is 7.43. The van der Waals surface area contributed by atoms with Gasteiger partial charge in [0.25, 0.3) is 5.56 Å². The van der Waals surface area contributed by atoms with E-state index in [0.29, 0.717) is 22.1 Å². The van der Waals surface area contributed by atoms with Gasteiger partial charge >= 0.3 is 0 Å². The molecule has 0 aliphatic heterocycles. The minimum absolute atomic E-state index is 0.0777. The fraction of sp³-hybridized carbons (Fsp3) is 0.429. The number of rotatable bonds is 5. The first-order valence-electron chi connectivity index (χ1n) is 10.1. The standard InChI is InChI=1S/C21H22ClN5O2/c22-14-4-3-7-16(10-14)27-20-17(11-23-27)19(13-8-9-13)25-26(21(20)29)12-18(28)24-15-5-1-2-6-15/h3-4,7,10-11,13,15H,1-2,5-6,8-9,12H2,(H,24,28). The van der Waals surface area contributed by atoms with Crippen molar-refractivity contribution >= 4 is 28.4 Å². The van der Waals surface area contributed by atoms with E-state index in [1.54, 1.807) is 23.0 Å². The van der Waals surface area contributed by atoms with Gasteiger partial charge in [-0.1, -0.05) is 30.5 Å². The van der Waals surface area contributed by atoms with E-state index in [2.05, 4.69) is 15.5 Å². The minimum Gasteiger partial charge on any atom is -0.352 e. The molecule has 1 N–H and O–H groups in total. The van der Waals surface area contributed by atoms with Crippen LogP contribution in [0.1, 0.15) is 50.1 Å². The highest BCUT2D eigenvalue weighted by molar-refractivity contribution is 6.30. The largest absolute Gasteiger partial charge is 0.352 e. The predicted octanol–water partition coefficient (Wildman–Crippen LogP) is 3.17. The van der Waals surface area contributed by atoms with Crippen molar-refractivity contribution in [1.82, 2.24) is 24.9 Å². The lowest BCUT2D eigenvalue weighted by Gasteiger charge is -2.13. The number of benzene rings is 1. The fourth-order valence-electron chi connectivity index (χ4n) is 4.14. The number of halogens is 1. The maximum absolute atomic E-state index is 13.3. The minimum atomic E-state index is -0.316. The van der Waals surface area contributed by atoms with Crippen molar-refractivity contribution in [3.8, 4) is 5.69 Å². The SMILES string of the molecule is O=C(Cn1nc(C2CC2)c2cnn(-c3cccc(Cl)c3)c2c1=O)NC1CCCC1. The highest BCUT2D eigenvalue weighted by Gasteiger charge is 2.30. The molecule has 150 valence electrons. The van der Waals surface area contributed by atoms with Crippen LogP contribution in [0.15, 0.2) is 35.3 Å². The third kappa shape index (κ3) is 3.55. The Hall–Kier alpha value is -2.67. The van der Waals surface area contributed by atoms with Crippen LogP contribution in [0.4, 0.5) is 0 Å². The first kappa shape index (κ1) is 18.4. The molecule has 0 radical (unpaired) electrons. The molecule has 0 spiro atoms. The molecule has 2 aromatic heterocycles. The summed E-state index contributed by atoms with van der Waals surface area (Å²) in [7, 11) is 0. The van der Waals surface area contributed by atoms with Crippen molar-refractivity contribution in [1.29, 1.82) is 0 Å². The number of fused-ring (bicyclic) bond motifs is 1. The molecule has 2 aliphatic carbocycles. The van der Waals surface area contributed by atoms with Crippen LogP contribution in [0.5, 0.6) is 0 Å². The van der Waals surface area contributed by atoms with Gasteiger partial charge in [0.05, 0.1) is 17.6 Å². The van der Waals surface area contributed by atoms with Crippen LogP contribution in [0, 0.1) is 0 Å². The van der Waals surface area contributed by atoms with E-state index in [1.165, 1.54) is 4.68 Å². The molecule has 8 heteroatoms. The lowest BCUT2D eigenvalue weighted by Crippen LogP contribution is -2.38. The molecule has 0 unspecified atom stereocenters. The monoisotopic (exact) mass is 411 g/mol. The van der Waals surface area contributed by atoms with Crippen molar-refractivity contribution in [2.24, 2.45) is 0 Å². The summed E-state index contributed by atoms with van der Waals surface area (Å²) in [4.78, 5) is 25.8. The number of hydrogen-bond donors (Lipinski definition) is 1. The van der Waals surface area contributed by atoms with Crippen LogP contribution < -0.4 is 10.9 Å². The van der Waals surface area contributed by atoms with Crippen molar-refractivity contribution in [2.75, 3.05) is 0 Å². The van der Waals surface area contributed by atoms with Crippen molar-refractivity contribution < 1.29 is 4.79 Å². The smallest absolute Gasteiger partial charge is 0.293 e. The molecule has 1 amide bonds. The molecular weight excluding hydrogens is 390 g/mol. The summed E-state index contributed by atoms with van der Waals surface area (Å²) in [5, 5.41) is 13.4. The molecule has 0 saturated heterocycles. The van der Waals surface area contributed by atoms with E-state index in [1.807, 2.05) is 12.1 Å². The summed E-state index contributed by atoms with van der Waals surface area (Å²) < 4.78 is 2.89. The Balaban J connectivity index is 1.57. The van der Waals surface area contributed by atoms with Gasteiger partial charge in [0, 0.05) is 22.4 Å². The Kier molecular flexibility index (Phi) is 4.62.